The van der Waals surface area contributed by atoms with Crippen LogP contribution in [0.5, 0.6) is 5.75 Å². The maximum Gasteiger partial charge on any atom is 0.408 e. The van der Waals surface area contributed by atoms with Crippen LogP contribution in [0.15, 0.2) is 54.6 Å². The van der Waals surface area contributed by atoms with Crippen LogP contribution in [0.2, 0.25) is 0 Å². The standard InChI is InChI=1S/C18H19NO4/c1-13(17(20)15-8-10-16(22-2)11-9-15)19-18(21)23-12-14-6-4-3-5-7-14/h3-11,13H,12H2,1-2H3,(H,19,21)/t13-/m0/s1. The Bertz CT molecular complexity index is 652. The fraction of sp³-hybridized carbons (Fsp3) is 0.222. The molecule has 0 heterocycles. The van der Waals surface area contributed by atoms with Crippen LogP contribution in [0.1, 0.15) is 22.8 Å². The summed E-state index contributed by atoms with van der Waals surface area (Å²) in [6.45, 7) is 1.78. The molecule has 1 atom stereocenters. The van der Waals surface area contributed by atoms with E-state index in [1.54, 1.807) is 38.3 Å². The van der Waals surface area contributed by atoms with Gasteiger partial charge in [-0.05, 0) is 36.8 Å². The minimum Gasteiger partial charge on any atom is -0.497 e. The van der Waals surface area contributed by atoms with Crippen LogP contribution in [0.4, 0.5) is 4.79 Å². The second-order valence-corrected chi connectivity index (χ2v) is 5.02. The molecule has 0 aliphatic heterocycles. The highest BCUT2D eigenvalue weighted by Crippen LogP contribution is 2.13. The third-order valence-electron chi connectivity index (χ3n) is 3.31. The van der Waals surface area contributed by atoms with Crippen molar-refractivity contribution in [1.82, 2.24) is 5.32 Å². The van der Waals surface area contributed by atoms with Gasteiger partial charge < -0.3 is 14.8 Å². The monoisotopic (exact) mass is 313 g/mol. The lowest BCUT2D eigenvalue weighted by atomic mass is 10.1. The Morgan fingerprint density at radius 3 is 2.30 bits per heavy atom. The quantitative estimate of drug-likeness (QED) is 0.832. The zero-order valence-electron chi connectivity index (χ0n) is 13.1. The van der Waals surface area contributed by atoms with Gasteiger partial charge in [-0.1, -0.05) is 30.3 Å². The maximum absolute atomic E-state index is 12.2. The number of carbonyl (C=O) groups is 2. The molecule has 120 valence electrons. The first-order valence-corrected chi connectivity index (χ1v) is 7.25. The minimum atomic E-state index is -0.674. The number of amides is 1. The second-order valence-electron chi connectivity index (χ2n) is 5.02. The van der Waals surface area contributed by atoms with Gasteiger partial charge in [-0.2, -0.15) is 0 Å². The predicted octanol–water partition coefficient (Wildman–Crippen LogP) is 3.19. The molecule has 0 saturated heterocycles. The molecule has 0 fully saturated rings. The first-order valence-electron chi connectivity index (χ1n) is 7.25. The van der Waals surface area contributed by atoms with Crippen LogP contribution in [-0.2, 0) is 11.3 Å². The van der Waals surface area contributed by atoms with Crippen molar-refractivity contribution >= 4 is 11.9 Å². The third-order valence-corrected chi connectivity index (χ3v) is 3.31. The SMILES string of the molecule is COc1ccc(C(=O)[C@H](C)NC(=O)OCc2ccccc2)cc1. The van der Waals surface area contributed by atoms with E-state index in [0.29, 0.717) is 11.3 Å². The zero-order valence-corrected chi connectivity index (χ0v) is 13.1. The lowest BCUT2D eigenvalue weighted by Crippen LogP contribution is -2.38. The highest BCUT2D eigenvalue weighted by molar-refractivity contribution is 6.01. The van der Waals surface area contributed by atoms with Crippen molar-refractivity contribution in [2.24, 2.45) is 0 Å². The molecule has 0 aliphatic rings. The maximum atomic E-state index is 12.2. The summed E-state index contributed by atoms with van der Waals surface area (Å²) in [5.74, 6) is 0.480. The highest BCUT2D eigenvalue weighted by atomic mass is 16.5. The fourth-order valence-electron chi connectivity index (χ4n) is 2.01. The summed E-state index contributed by atoms with van der Waals surface area (Å²) < 4.78 is 10.1. The van der Waals surface area contributed by atoms with Gasteiger partial charge in [0.2, 0.25) is 0 Å². The van der Waals surface area contributed by atoms with E-state index in [9.17, 15) is 9.59 Å². The lowest BCUT2D eigenvalue weighted by molar-refractivity contribution is 0.0926. The molecular weight excluding hydrogens is 294 g/mol. The molecule has 0 radical (unpaired) electrons. The van der Waals surface area contributed by atoms with Crippen LogP contribution in [0, 0.1) is 0 Å². The number of rotatable bonds is 6. The number of nitrogens with one attached hydrogen (secondary N) is 1. The topological polar surface area (TPSA) is 64.6 Å². The number of Topliss-reactive ketones (excluding diaryl/α,β-unsaturated/α-hetero) is 1. The first kappa shape index (κ1) is 16.5. The van der Waals surface area contributed by atoms with Crippen LogP contribution in [-0.4, -0.2) is 25.0 Å². The predicted molar refractivity (Wildman–Crippen MR) is 86.5 cm³/mol. The molecule has 5 heteroatoms. The van der Waals surface area contributed by atoms with Crippen molar-refractivity contribution in [3.05, 3.63) is 65.7 Å². The number of methoxy groups -OCH3 is 1. The van der Waals surface area contributed by atoms with Crippen molar-refractivity contribution in [1.29, 1.82) is 0 Å². The Hall–Kier alpha value is -2.82. The van der Waals surface area contributed by atoms with Crippen LogP contribution in [0.3, 0.4) is 0 Å². The van der Waals surface area contributed by atoms with Crippen molar-refractivity contribution in [2.75, 3.05) is 7.11 Å². The van der Waals surface area contributed by atoms with Crippen molar-refractivity contribution in [3.63, 3.8) is 0 Å². The summed E-state index contributed by atoms with van der Waals surface area (Å²) in [6, 6.07) is 15.4. The van der Waals surface area contributed by atoms with Gasteiger partial charge in [0.1, 0.15) is 12.4 Å². The summed E-state index contributed by atoms with van der Waals surface area (Å²) in [4.78, 5) is 24.0. The smallest absolute Gasteiger partial charge is 0.408 e. The average molecular weight is 313 g/mol. The second kappa shape index (κ2) is 7.98. The molecule has 0 saturated carbocycles. The molecule has 2 rings (SSSR count). The van der Waals surface area contributed by atoms with Gasteiger partial charge in [0, 0.05) is 5.56 Å². The molecule has 0 unspecified atom stereocenters. The van der Waals surface area contributed by atoms with E-state index in [4.69, 9.17) is 9.47 Å². The Labute approximate surface area is 135 Å². The first-order chi connectivity index (χ1) is 11.1. The molecule has 0 aliphatic carbocycles. The normalized spacial score (nSPS) is 11.4. The third kappa shape index (κ3) is 4.85. The number of hydrogen-bond acceptors (Lipinski definition) is 4. The van der Waals surface area contributed by atoms with Gasteiger partial charge >= 0.3 is 6.09 Å². The Morgan fingerprint density at radius 1 is 1.04 bits per heavy atom. The molecule has 23 heavy (non-hydrogen) atoms. The molecule has 0 aromatic heterocycles. The molecule has 1 amide bonds. The largest absolute Gasteiger partial charge is 0.497 e. The summed E-state index contributed by atoms with van der Waals surface area (Å²) in [6.07, 6.45) is -0.622. The summed E-state index contributed by atoms with van der Waals surface area (Å²) in [7, 11) is 1.56. The Kier molecular flexibility index (Phi) is 5.74. The van der Waals surface area contributed by atoms with E-state index in [2.05, 4.69) is 5.32 Å². The molecular formula is C18H19NO4. The van der Waals surface area contributed by atoms with E-state index in [1.807, 2.05) is 30.3 Å². The van der Waals surface area contributed by atoms with Gasteiger partial charge in [-0.25, -0.2) is 4.79 Å². The van der Waals surface area contributed by atoms with E-state index in [1.165, 1.54) is 0 Å². The number of alkyl carbamates (subject to hydrolysis) is 1. The van der Waals surface area contributed by atoms with Crippen molar-refractivity contribution in [3.8, 4) is 5.75 Å². The van der Waals surface area contributed by atoms with Crippen molar-refractivity contribution in [2.45, 2.75) is 19.6 Å². The van der Waals surface area contributed by atoms with Gasteiger partial charge in [0.25, 0.3) is 0 Å². The highest BCUT2D eigenvalue weighted by Gasteiger charge is 2.18. The fourth-order valence-corrected chi connectivity index (χ4v) is 2.01. The summed E-state index contributed by atoms with van der Waals surface area (Å²) >= 11 is 0. The van der Waals surface area contributed by atoms with E-state index >= 15 is 0 Å². The molecule has 5 nitrogen and oxygen atoms in total. The minimum absolute atomic E-state index is 0.163. The summed E-state index contributed by atoms with van der Waals surface area (Å²) in [5, 5.41) is 2.54. The number of ketones is 1. The number of ether oxygens (including phenoxy) is 2. The van der Waals surface area contributed by atoms with E-state index < -0.39 is 12.1 Å². The molecule has 0 spiro atoms. The van der Waals surface area contributed by atoms with E-state index in [-0.39, 0.29) is 12.4 Å². The lowest BCUT2D eigenvalue weighted by Gasteiger charge is -2.13. The Balaban J connectivity index is 1.85. The van der Waals surface area contributed by atoms with Gasteiger partial charge in [0.15, 0.2) is 5.78 Å². The zero-order chi connectivity index (χ0) is 16.7. The number of benzene rings is 2. The molecule has 2 aromatic rings. The van der Waals surface area contributed by atoms with Gasteiger partial charge in [0.05, 0.1) is 13.2 Å². The van der Waals surface area contributed by atoms with Crippen LogP contribution in [0.25, 0.3) is 0 Å². The molecule has 0 bridgehead atoms. The van der Waals surface area contributed by atoms with Crippen molar-refractivity contribution < 1.29 is 19.1 Å². The number of hydrogen-bond donors (Lipinski definition) is 1. The summed E-state index contributed by atoms with van der Waals surface area (Å²) in [5.41, 5.74) is 1.39. The van der Waals surface area contributed by atoms with Crippen LogP contribution < -0.4 is 10.1 Å². The Morgan fingerprint density at radius 2 is 1.70 bits per heavy atom. The van der Waals surface area contributed by atoms with Crippen LogP contribution >= 0.6 is 0 Å². The van der Waals surface area contributed by atoms with E-state index in [0.717, 1.165) is 5.56 Å². The average Bonchev–Trinajstić information content (AvgIpc) is 2.60. The van der Waals surface area contributed by atoms with Gasteiger partial charge in [-0.3, -0.25) is 4.79 Å². The van der Waals surface area contributed by atoms with Gasteiger partial charge in [-0.15, -0.1) is 0 Å². The number of carbonyl (C=O) groups excluding carboxylic acids is 2. The molecule has 1 N–H and O–H groups in total. The molecule has 2 aromatic carbocycles.